The summed E-state index contributed by atoms with van der Waals surface area (Å²) in [6.45, 7) is 0.810. The third-order valence-corrected chi connectivity index (χ3v) is 3.11. The summed E-state index contributed by atoms with van der Waals surface area (Å²) in [7, 11) is 0. The molecule has 0 saturated carbocycles. The molecule has 2 aromatic rings. The van der Waals surface area contributed by atoms with Crippen molar-refractivity contribution >= 4 is 11.8 Å². The van der Waals surface area contributed by atoms with Crippen molar-refractivity contribution in [2.75, 3.05) is 24.9 Å². The minimum Gasteiger partial charge on any atom is -0.488 e. The monoisotopic (exact) mass is 288 g/mol. The maximum Gasteiger partial charge on any atom is 0.231 e. The Hall–Kier alpha value is -2.70. The van der Waals surface area contributed by atoms with Gasteiger partial charge in [0.15, 0.2) is 23.1 Å². The SMILES string of the molecule is Nc1ncc(OCCCc2ccc3c(c2)OCO3)c(N)n1. The van der Waals surface area contributed by atoms with E-state index in [2.05, 4.69) is 9.97 Å². The first-order chi connectivity index (χ1) is 10.2. The summed E-state index contributed by atoms with van der Waals surface area (Å²) in [5, 5.41) is 0. The Morgan fingerprint density at radius 2 is 2.05 bits per heavy atom. The first kappa shape index (κ1) is 13.3. The fourth-order valence-corrected chi connectivity index (χ4v) is 2.06. The van der Waals surface area contributed by atoms with Gasteiger partial charge in [0.25, 0.3) is 0 Å². The van der Waals surface area contributed by atoms with Gasteiger partial charge in [0.1, 0.15) is 0 Å². The second-order valence-corrected chi connectivity index (χ2v) is 4.62. The highest BCUT2D eigenvalue weighted by Gasteiger charge is 2.13. The molecule has 0 saturated heterocycles. The highest BCUT2D eigenvalue weighted by molar-refractivity contribution is 5.47. The molecule has 0 spiro atoms. The van der Waals surface area contributed by atoms with E-state index in [4.69, 9.17) is 25.7 Å². The van der Waals surface area contributed by atoms with Crippen LogP contribution < -0.4 is 25.7 Å². The number of fused-ring (bicyclic) bond motifs is 1. The molecule has 0 bridgehead atoms. The number of rotatable bonds is 5. The van der Waals surface area contributed by atoms with Crippen molar-refractivity contribution in [1.29, 1.82) is 0 Å². The van der Waals surface area contributed by atoms with Crippen molar-refractivity contribution in [1.82, 2.24) is 9.97 Å². The van der Waals surface area contributed by atoms with Crippen molar-refractivity contribution in [2.24, 2.45) is 0 Å². The van der Waals surface area contributed by atoms with Crippen LogP contribution in [0.1, 0.15) is 12.0 Å². The van der Waals surface area contributed by atoms with Crippen LogP contribution in [0.2, 0.25) is 0 Å². The molecule has 3 rings (SSSR count). The molecule has 1 aliphatic heterocycles. The fourth-order valence-electron chi connectivity index (χ4n) is 2.06. The number of aromatic nitrogens is 2. The van der Waals surface area contributed by atoms with Gasteiger partial charge in [-0.05, 0) is 30.5 Å². The topological polar surface area (TPSA) is 106 Å². The zero-order valence-corrected chi connectivity index (χ0v) is 11.4. The maximum absolute atomic E-state index is 5.69. The smallest absolute Gasteiger partial charge is 0.231 e. The van der Waals surface area contributed by atoms with Gasteiger partial charge in [-0.2, -0.15) is 4.98 Å². The standard InChI is InChI=1S/C14H16N4O3/c15-13-12(7-17-14(16)18-13)19-5-1-2-9-3-4-10-11(6-9)21-8-20-10/h3-4,6-7H,1-2,5,8H2,(H4,15,16,17,18). The minimum atomic E-state index is 0.139. The normalized spacial score (nSPS) is 12.4. The summed E-state index contributed by atoms with van der Waals surface area (Å²) in [4.78, 5) is 7.69. The van der Waals surface area contributed by atoms with Gasteiger partial charge in [-0.1, -0.05) is 6.07 Å². The molecular formula is C14H16N4O3. The van der Waals surface area contributed by atoms with Crippen LogP contribution in [0.4, 0.5) is 11.8 Å². The number of nitrogens with two attached hydrogens (primary N) is 2. The largest absolute Gasteiger partial charge is 0.488 e. The molecule has 0 aliphatic carbocycles. The van der Waals surface area contributed by atoms with Gasteiger partial charge in [-0.25, -0.2) is 4.98 Å². The van der Waals surface area contributed by atoms with E-state index in [1.54, 1.807) is 0 Å². The number of anilines is 2. The second kappa shape index (κ2) is 5.74. The molecule has 0 radical (unpaired) electrons. The lowest BCUT2D eigenvalue weighted by molar-refractivity contribution is 0.174. The molecule has 7 heteroatoms. The van der Waals surface area contributed by atoms with Crippen LogP contribution in [0.25, 0.3) is 0 Å². The van der Waals surface area contributed by atoms with Crippen molar-refractivity contribution in [3.63, 3.8) is 0 Å². The van der Waals surface area contributed by atoms with Crippen LogP contribution in [0.5, 0.6) is 17.2 Å². The van der Waals surface area contributed by atoms with E-state index in [9.17, 15) is 0 Å². The molecule has 0 fully saturated rings. The van der Waals surface area contributed by atoms with Gasteiger partial charge in [-0.15, -0.1) is 0 Å². The van der Waals surface area contributed by atoms with Gasteiger partial charge in [0.2, 0.25) is 12.7 Å². The highest BCUT2D eigenvalue weighted by Crippen LogP contribution is 2.32. The number of ether oxygens (including phenoxy) is 3. The molecule has 1 aliphatic rings. The molecule has 0 unspecified atom stereocenters. The summed E-state index contributed by atoms with van der Waals surface area (Å²) in [6, 6.07) is 5.93. The van der Waals surface area contributed by atoms with Crippen LogP contribution in [-0.4, -0.2) is 23.4 Å². The van der Waals surface area contributed by atoms with Crippen molar-refractivity contribution < 1.29 is 14.2 Å². The Morgan fingerprint density at radius 3 is 2.90 bits per heavy atom. The predicted octanol–water partition coefficient (Wildman–Crippen LogP) is 1.38. The van der Waals surface area contributed by atoms with Gasteiger partial charge < -0.3 is 25.7 Å². The average Bonchev–Trinajstić information content (AvgIpc) is 2.93. The molecule has 1 aromatic carbocycles. The zero-order valence-electron chi connectivity index (χ0n) is 11.4. The van der Waals surface area contributed by atoms with Crippen molar-refractivity contribution in [3.8, 4) is 17.2 Å². The number of nitrogens with zero attached hydrogens (tertiary/aromatic N) is 2. The summed E-state index contributed by atoms with van der Waals surface area (Å²) in [5.74, 6) is 2.44. The highest BCUT2D eigenvalue weighted by atomic mass is 16.7. The van der Waals surface area contributed by atoms with Gasteiger partial charge in [-0.3, -0.25) is 0 Å². The van der Waals surface area contributed by atoms with Crippen LogP contribution in [0.3, 0.4) is 0 Å². The molecule has 7 nitrogen and oxygen atoms in total. The van der Waals surface area contributed by atoms with E-state index in [0.717, 1.165) is 24.3 Å². The van der Waals surface area contributed by atoms with Gasteiger partial charge in [0, 0.05) is 0 Å². The molecular weight excluding hydrogens is 272 g/mol. The van der Waals surface area contributed by atoms with E-state index in [1.807, 2.05) is 18.2 Å². The molecule has 21 heavy (non-hydrogen) atoms. The molecule has 4 N–H and O–H groups in total. The van der Waals surface area contributed by atoms with Crippen molar-refractivity contribution in [2.45, 2.75) is 12.8 Å². The summed E-state index contributed by atoms with van der Waals surface area (Å²) in [6.07, 6.45) is 3.19. The molecule has 110 valence electrons. The zero-order chi connectivity index (χ0) is 14.7. The first-order valence-corrected chi connectivity index (χ1v) is 6.62. The third-order valence-electron chi connectivity index (χ3n) is 3.11. The van der Waals surface area contributed by atoms with Crippen LogP contribution >= 0.6 is 0 Å². The van der Waals surface area contributed by atoms with Crippen LogP contribution in [0.15, 0.2) is 24.4 Å². The number of benzene rings is 1. The average molecular weight is 288 g/mol. The lowest BCUT2D eigenvalue weighted by atomic mass is 10.1. The Labute approximate surface area is 121 Å². The number of hydrogen-bond donors (Lipinski definition) is 2. The molecule has 0 atom stereocenters. The fraction of sp³-hybridized carbons (Fsp3) is 0.286. The maximum atomic E-state index is 5.69. The quantitative estimate of drug-likeness (QED) is 0.800. The summed E-state index contributed by atoms with van der Waals surface area (Å²) < 4.78 is 16.2. The lowest BCUT2D eigenvalue weighted by Crippen LogP contribution is -2.05. The Morgan fingerprint density at radius 1 is 1.19 bits per heavy atom. The summed E-state index contributed by atoms with van der Waals surface area (Å²) in [5.41, 5.74) is 12.3. The van der Waals surface area contributed by atoms with E-state index >= 15 is 0 Å². The van der Waals surface area contributed by atoms with Crippen molar-refractivity contribution in [3.05, 3.63) is 30.0 Å². The van der Waals surface area contributed by atoms with Crippen LogP contribution in [-0.2, 0) is 6.42 Å². The Kier molecular flexibility index (Phi) is 3.63. The minimum absolute atomic E-state index is 0.139. The number of nitrogen functional groups attached to an aromatic ring is 2. The van der Waals surface area contributed by atoms with Gasteiger partial charge in [0.05, 0.1) is 12.8 Å². The predicted molar refractivity (Wildman–Crippen MR) is 77.2 cm³/mol. The van der Waals surface area contributed by atoms with Crippen LogP contribution in [0, 0.1) is 0 Å². The number of aryl methyl sites for hydroxylation is 1. The third kappa shape index (κ3) is 3.07. The van der Waals surface area contributed by atoms with E-state index in [0.29, 0.717) is 12.4 Å². The lowest BCUT2D eigenvalue weighted by Gasteiger charge is -2.08. The second-order valence-electron chi connectivity index (χ2n) is 4.62. The molecule has 2 heterocycles. The number of hydrogen-bond acceptors (Lipinski definition) is 7. The van der Waals surface area contributed by atoms with E-state index < -0.39 is 0 Å². The molecule has 1 aromatic heterocycles. The Bertz CT molecular complexity index is 648. The summed E-state index contributed by atoms with van der Waals surface area (Å²) >= 11 is 0. The molecule has 0 amide bonds. The van der Waals surface area contributed by atoms with E-state index in [1.165, 1.54) is 11.8 Å². The van der Waals surface area contributed by atoms with E-state index in [-0.39, 0.29) is 18.6 Å². The van der Waals surface area contributed by atoms with Gasteiger partial charge >= 0.3 is 0 Å². The first-order valence-electron chi connectivity index (χ1n) is 6.62. The Balaban J connectivity index is 1.50.